The van der Waals surface area contributed by atoms with Crippen LogP contribution in [-0.4, -0.2) is 33.8 Å². The summed E-state index contributed by atoms with van der Waals surface area (Å²) in [6.07, 6.45) is 0. The molecular weight excluding hydrogens is 346 g/mol. The zero-order valence-electron chi connectivity index (χ0n) is 12.8. The summed E-state index contributed by atoms with van der Waals surface area (Å²) >= 11 is 0. The van der Waals surface area contributed by atoms with Gasteiger partial charge in [-0.3, -0.25) is 19.1 Å². The molecule has 6 nitrogen and oxygen atoms in total. The molecule has 2 unspecified atom stereocenters. The van der Waals surface area contributed by atoms with Gasteiger partial charge in [0.2, 0.25) is 16.1 Å². The van der Waals surface area contributed by atoms with Crippen LogP contribution >= 0.6 is 16.1 Å². The Balaban J connectivity index is 2.13. The molecule has 2 atom stereocenters. The third-order valence-electron chi connectivity index (χ3n) is 3.14. The van der Waals surface area contributed by atoms with Gasteiger partial charge in [-0.2, -0.15) is 0 Å². The number of hydrogen-bond donors (Lipinski definition) is 2. The molecule has 0 radical (unpaired) electrons. The zero-order valence-corrected chi connectivity index (χ0v) is 14.8. The predicted molar refractivity (Wildman–Crippen MR) is 98.1 cm³/mol. The van der Waals surface area contributed by atoms with Crippen LogP contribution in [0.25, 0.3) is 0 Å². The Morgan fingerprint density at radius 1 is 0.708 bits per heavy atom. The van der Waals surface area contributed by atoms with Crippen LogP contribution in [0.2, 0.25) is 0 Å². The Kier molecular flexibility index (Phi) is 7.29. The Labute approximate surface area is 141 Å². The lowest BCUT2D eigenvalue weighted by Crippen LogP contribution is -2.01. The van der Waals surface area contributed by atoms with Crippen molar-refractivity contribution in [2.75, 3.05) is 13.1 Å². The van der Waals surface area contributed by atoms with Gasteiger partial charge in [0.1, 0.15) is 10.9 Å². The molecule has 0 saturated carbocycles. The fourth-order valence-corrected chi connectivity index (χ4v) is 3.40. The molecule has 0 heterocycles. The Bertz CT molecular complexity index is 710. The van der Waals surface area contributed by atoms with Crippen LogP contribution in [0.5, 0.6) is 0 Å². The maximum Gasteiger partial charge on any atom is 0.236 e. The van der Waals surface area contributed by atoms with Crippen molar-refractivity contribution in [1.82, 2.24) is 0 Å². The normalized spacial score (nSPS) is 15.1. The van der Waals surface area contributed by atoms with Gasteiger partial charge < -0.3 is 9.79 Å². The molecule has 0 fully saturated rings. The molecule has 2 N–H and O–H groups in total. The van der Waals surface area contributed by atoms with Crippen LogP contribution in [0.15, 0.2) is 70.6 Å². The van der Waals surface area contributed by atoms with Gasteiger partial charge in [-0.05, 0) is 0 Å². The van der Waals surface area contributed by atoms with Gasteiger partial charge in [-0.15, -0.1) is 0 Å². The maximum absolute atomic E-state index is 11.5. The number of rotatable bonds is 7. The van der Waals surface area contributed by atoms with Gasteiger partial charge in [0, 0.05) is 11.1 Å². The van der Waals surface area contributed by atoms with Crippen LogP contribution < -0.4 is 0 Å². The van der Waals surface area contributed by atoms with Gasteiger partial charge in [-0.1, -0.05) is 60.7 Å². The summed E-state index contributed by atoms with van der Waals surface area (Å²) in [5.74, 6) is 0. The highest BCUT2D eigenvalue weighted by Crippen LogP contribution is 2.24. The lowest BCUT2D eigenvalue weighted by atomic mass is 10.2. The monoisotopic (exact) mass is 364 g/mol. The molecule has 0 bridgehead atoms. The van der Waals surface area contributed by atoms with Crippen molar-refractivity contribution in [3.8, 4) is 0 Å². The molecule has 0 amide bonds. The summed E-state index contributed by atoms with van der Waals surface area (Å²) in [4.78, 5) is 27.1. The van der Waals surface area contributed by atoms with Crippen LogP contribution in [0, 0.1) is 0 Å². The summed E-state index contributed by atoms with van der Waals surface area (Å²) < 4.78 is 23.0. The van der Waals surface area contributed by atoms with E-state index in [-0.39, 0.29) is 24.0 Å². The highest BCUT2D eigenvalue weighted by atomic mass is 31.1. The lowest BCUT2D eigenvalue weighted by molar-refractivity contribution is 0.514. The summed E-state index contributed by atoms with van der Waals surface area (Å²) in [5.41, 5.74) is 1.45. The van der Waals surface area contributed by atoms with E-state index in [4.69, 9.17) is 0 Å². The highest BCUT2D eigenvalue weighted by molar-refractivity contribution is 7.60. The molecular formula is C16H18N2O4P2. The second kappa shape index (κ2) is 9.45. The molecule has 0 aliphatic heterocycles. The van der Waals surface area contributed by atoms with Crippen LogP contribution in [0.1, 0.15) is 11.1 Å². The Morgan fingerprint density at radius 2 is 1.04 bits per heavy atom. The Hall–Kier alpha value is -1.84. The zero-order chi connectivity index (χ0) is 17.4. The van der Waals surface area contributed by atoms with Gasteiger partial charge in [0.05, 0.1) is 13.1 Å². The average molecular weight is 364 g/mol. The van der Waals surface area contributed by atoms with Crippen molar-refractivity contribution in [1.29, 1.82) is 0 Å². The minimum absolute atomic E-state index is 0.133. The standard InChI is InChI=1S/C16H18N2O4P2/c19-23(20)15(13-7-3-1-4-8-13)17-11-12-18-16(24(21)22)14-9-5-2-6-10-14/h1-10,23-24H,11-12H2,(H,19,20)(H,21,22). The molecule has 2 rings (SSSR count). The summed E-state index contributed by atoms with van der Waals surface area (Å²) in [6, 6.07) is 17.5. The molecule has 2 aromatic carbocycles. The highest BCUT2D eigenvalue weighted by Gasteiger charge is 2.10. The van der Waals surface area contributed by atoms with E-state index in [1.807, 2.05) is 12.1 Å². The largest absolute Gasteiger partial charge is 0.342 e. The first-order valence-electron chi connectivity index (χ1n) is 7.26. The van der Waals surface area contributed by atoms with Crippen molar-refractivity contribution in [3.05, 3.63) is 71.8 Å². The fraction of sp³-hybridized carbons (Fsp3) is 0.125. The number of benzene rings is 2. The average Bonchev–Trinajstić information content (AvgIpc) is 2.59. The van der Waals surface area contributed by atoms with Crippen molar-refractivity contribution in [2.24, 2.45) is 9.98 Å². The first-order chi connectivity index (χ1) is 11.6. The number of nitrogens with zero attached hydrogens (tertiary/aromatic N) is 2. The van der Waals surface area contributed by atoms with E-state index in [1.165, 1.54) is 0 Å². The summed E-state index contributed by atoms with van der Waals surface area (Å²) in [6.45, 7) is 0.319. The van der Waals surface area contributed by atoms with E-state index in [0.29, 0.717) is 11.1 Å². The van der Waals surface area contributed by atoms with E-state index in [1.54, 1.807) is 48.5 Å². The van der Waals surface area contributed by atoms with E-state index in [2.05, 4.69) is 9.98 Å². The summed E-state index contributed by atoms with van der Waals surface area (Å²) in [5, 5.41) is 0. The molecule has 0 aliphatic rings. The smallest absolute Gasteiger partial charge is 0.236 e. The van der Waals surface area contributed by atoms with Crippen molar-refractivity contribution in [3.63, 3.8) is 0 Å². The summed E-state index contributed by atoms with van der Waals surface area (Å²) in [7, 11) is -5.89. The lowest BCUT2D eigenvalue weighted by Gasteiger charge is -2.04. The van der Waals surface area contributed by atoms with Crippen molar-refractivity contribution < 1.29 is 18.9 Å². The predicted octanol–water partition coefficient (Wildman–Crippen LogP) is 2.81. The van der Waals surface area contributed by atoms with E-state index in [0.717, 1.165) is 0 Å². The molecule has 0 saturated heterocycles. The van der Waals surface area contributed by atoms with Crippen molar-refractivity contribution >= 4 is 27.0 Å². The Morgan fingerprint density at radius 3 is 1.33 bits per heavy atom. The minimum Gasteiger partial charge on any atom is -0.342 e. The molecule has 0 aromatic heterocycles. The van der Waals surface area contributed by atoms with E-state index in [9.17, 15) is 18.9 Å². The maximum atomic E-state index is 11.5. The van der Waals surface area contributed by atoms with Crippen LogP contribution in [0.3, 0.4) is 0 Å². The third kappa shape index (κ3) is 5.36. The van der Waals surface area contributed by atoms with Crippen LogP contribution in [0.4, 0.5) is 0 Å². The van der Waals surface area contributed by atoms with E-state index >= 15 is 0 Å². The molecule has 2 aromatic rings. The first kappa shape index (κ1) is 18.5. The molecule has 0 spiro atoms. The number of aliphatic imine (C=N–C) groups is 2. The molecule has 126 valence electrons. The first-order valence-corrected chi connectivity index (χ1v) is 9.97. The van der Waals surface area contributed by atoms with Gasteiger partial charge >= 0.3 is 0 Å². The van der Waals surface area contributed by atoms with Crippen LogP contribution in [-0.2, 0) is 9.13 Å². The fourth-order valence-electron chi connectivity index (χ4n) is 2.08. The second-order valence-corrected chi connectivity index (χ2v) is 6.97. The van der Waals surface area contributed by atoms with E-state index < -0.39 is 16.1 Å². The quantitative estimate of drug-likeness (QED) is 0.448. The third-order valence-corrected chi connectivity index (χ3v) is 4.84. The molecule has 24 heavy (non-hydrogen) atoms. The van der Waals surface area contributed by atoms with Gasteiger partial charge in [0.25, 0.3) is 0 Å². The van der Waals surface area contributed by atoms with Gasteiger partial charge in [-0.25, -0.2) is 0 Å². The number of hydrogen-bond acceptors (Lipinski definition) is 4. The molecule has 8 heteroatoms. The second-order valence-electron chi connectivity index (χ2n) is 4.80. The molecule has 0 aliphatic carbocycles. The minimum atomic E-state index is -2.95. The topological polar surface area (TPSA) is 99.3 Å². The SMILES string of the molecule is O=[PH](O)C(=NCCN=C(c1ccccc1)[PH](=O)O)c1ccccc1. The van der Waals surface area contributed by atoms with Gasteiger partial charge in [0.15, 0.2) is 0 Å². The van der Waals surface area contributed by atoms with Crippen molar-refractivity contribution in [2.45, 2.75) is 0 Å².